The van der Waals surface area contributed by atoms with E-state index in [9.17, 15) is 13.2 Å². The van der Waals surface area contributed by atoms with Crippen molar-refractivity contribution in [2.24, 2.45) is 7.05 Å². The Hall–Kier alpha value is -1.49. The van der Waals surface area contributed by atoms with Gasteiger partial charge in [0.1, 0.15) is 6.04 Å². The van der Waals surface area contributed by atoms with Crippen molar-refractivity contribution in [2.45, 2.75) is 25.4 Å². The molecule has 23 heavy (non-hydrogen) atoms. The van der Waals surface area contributed by atoms with Crippen molar-refractivity contribution in [1.82, 2.24) is 24.1 Å². The number of hydrogen-bond donors (Lipinski definition) is 2. The fourth-order valence-electron chi connectivity index (χ4n) is 2.67. The third-order valence-electron chi connectivity index (χ3n) is 3.90. The van der Waals surface area contributed by atoms with Crippen LogP contribution in [0.25, 0.3) is 0 Å². The van der Waals surface area contributed by atoms with E-state index in [1.807, 2.05) is 6.92 Å². The van der Waals surface area contributed by atoms with Gasteiger partial charge in [0.2, 0.25) is 5.91 Å². The number of rotatable bonds is 5. The highest BCUT2D eigenvalue weighted by atomic mass is 32.2. The van der Waals surface area contributed by atoms with Crippen LogP contribution in [0.4, 0.5) is 0 Å². The van der Waals surface area contributed by atoms with Gasteiger partial charge in [-0.25, -0.2) is 0 Å². The van der Waals surface area contributed by atoms with E-state index in [-0.39, 0.29) is 5.91 Å². The molecule has 2 heterocycles. The summed E-state index contributed by atoms with van der Waals surface area (Å²) in [4.78, 5) is 12.3. The summed E-state index contributed by atoms with van der Waals surface area (Å²) in [6.45, 7) is 2.53. The predicted octanol–water partition coefficient (Wildman–Crippen LogP) is -0.929. The first-order chi connectivity index (χ1) is 10.8. The highest BCUT2D eigenvalue weighted by Gasteiger charge is 2.41. The molecule has 2 unspecified atom stereocenters. The zero-order valence-electron chi connectivity index (χ0n) is 13.7. The molecule has 2 N–H and O–H groups in total. The second-order valence-electron chi connectivity index (χ2n) is 5.57. The van der Waals surface area contributed by atoms with Crippen molar-refractivity contribution in [2.75, 3.05) is 27.3 Å². The summed E-state index contributed by atoms with van der Waals surface area (Å²) in [6, 6.07) is -1.26. The highest BCUT2D eigenvalue weighted by molar-refractivity contribution is 7.87. The maximum atomic E-state index is 12.3. The van der Waals surface area contributed by atoms with Crippen LogP contribution in [0.1, 0.15) is 23.7 Å². The maximum absolute atomic E-state index is 12.3. The zero-order valence-corrected chi connectivity index (χ0v) is 14.6. The number of nitrogens with one attached hydrogen (secondary N) is 2. The summed E-state index contributed by atoms with van der Waals surface area (Å²) in [5, 5.41) is 6.93. The Bertz CT molecular complexity index is 672. The van der Waals surface area contributed by atoms with Gasteiger partial charge in [-0.15, -0.1) is 0 Å². The number of methoxy groups -OCH3 is 1. The first kappa shape index (κ1) is 17.9. The average molecular weight is 345 g/mol. The minimum atomic E-state index is -3.74. The lowest BCUT2D eigenvalue weighted by atomic mass is 10.00. The molecule has 1 aliphatic rings. The summed E-state index contributed by atoms with van der Waals surface area (Å²) in [5.41, 5.74) is 1.52. The minimum absolute atomic E-state index is 0.332. The number of amides is 1. The van der Waals surface area contributed by atoms with Crippen molar-refractivity contribution in [1.29, 1.82) is 0 Å². The van der Waals surface area contributed by atoms with Gasteiger partial charge < -0.3 is 10.1 Å². The summed E-state index contributed by atoms with van der Waals surface area (Å²) in [5.74, 6) is -0.332. The van der Waals surface area contributed by atoms with Crippen LogP contribution in [0, 0.1) is 6.92 Å². The number of carbonyl (C=O) groups is 1. The molecule has 0 spiro atoms. The molecule has 0 saturated carbocycles. The number of hydrogen-bond acceptors (Lipinski definition) is 5. The molecule has 1 aliphatic heterocycles. The summed E-state index contributed by atoms with van der Waals surface area (Å²) < 4.78 is 34.8. The van der Waals surface area contributed by atoms with E-state index in [0.29, 0.717) is 19.6 Å². The number of nitrogens with zero attached hydrogens (tertiary/aromatic N) is 3. The van der Waals surface area contributed by atoms with Crippen molar-refractivity contribution >= 4 is 16.1 Å². The molecule has 1 fully saturated rings. The van der Waals surface area contributed by atoms with E-state index in [1.54, 1.807) is 17.9 Å². The van der Waals surface area contributed by atoms with Crippen molar-refractivity contribution < 1.29 is 17.9 Å². The smallest absolute Gasteiger partial charge is 0.280 e. The number of likely N-dealkylation sites (N-methyl/N-ethyl adjacent to an activating group) is 1. The van der Waals surface area contributed by atoms with Gasteiger partial charge in [-0.2, -0.15) is 22.5 Å². The highest BCUT2D eigenvalue weighted by Crippen LogP contribution is 2.29. The molecule has 1 aromatic heterocycles. The predicted molar refractivity (Wildman–Crippen MR) is 83.8 cm³/mol. The fourth-order valence-corrected chi connectivity index (χ4v) is 3.93. The Kier molecular flexibility index (Phi) is 5.40. The molecule has 2 rings (SSSR count). The van der Waals surface area contributed by atoms with Gasteiger partial charge in [-0.05, 0) is 13.3 Å². The minimum Gasteiger partial charge on any atom is -0.383 e. The van der Waals surface area contributed by atoms with Crippen LogP contribution >= 0.6 is 0 Å². The van der Waals surface area contributed by atoms with E-state index in [4.69, 9.17) is 4.74 Å². The molecule has 1 saturated heterocycles. The quantitative estimate of drug-likeness (QED) is 0.671. The molecule has 10 heteroatoms. The lowest BCUT2D eigenvalue weighted by Gasteiger charge is -2.36. The molecule has 2 atom stereocenters. The molecule has 0 bridgehead atoms. The van der Waals surface area contributed by atoms with Gasteiger partial charge in [-0.1, -0.05) is 0 Å². The van der Waals surface area contributed by atoms with E-state index in [1.165, 1.54) is 14.2 Å². The van der Waals surface area contributed by atoms with Gasteiger partial charge in [0.05, 0.1) is 18.3 Å². The first-order valence-corrected chi connectivity index (χ1v) is 8.72. The van der Waals surface area contributed by atoms with E-state index in [0.717, 1.165) is 15.6 Å². The third-order valence-corrected chi connectivity index (χ3v) is 5.50. The van der Waals surface area contributed by atoms with Crippen LogP contribution in [-0.4, -0.2) is 61.8 Å². The van der Waals surface area contributed by atoms with Gasteiger partial charge >= 0.3 is 0 Å². The van der Waals surface area contributed by atoms with Gasteiger partial charge in [-0.3, -0.25) is 9.48 Å². The van der Waals surface area contributed by atoms with Crippen LogP contribution in [0.5, 0.6) is 0 Å². The zero-order chi connectivity index (χ0) is 17.2. The first-order valence-electron chi connectivity index (χ1n) is 7.28. The second kappa shape index (κ2) is 6.95. The normalized spacial score (nSPS) is 24.5. The number of aromatic nitrogens is 2. The van der Waals surface area contributed by atoms with Crippen LogP contribution in [-0.2, 0) is 26.8 Å². The molecule has 1 aromatic rings. The molecular formula is C13H23N5O4S. The van der Waals surface area contributed by atoms with Gasteiger partial charge in [0.15, 0.2) is 0 Å². The van der Waals surface area contributed by atoms with Gasteiger partial charge in [0.25, 0.3) is 10.2 Å². The van der Waals surface area contributed by atoms with Crippen LogP contribution in [0.2, 0.25) is 0 Å². The molecule has 130 valence electrons. The molecule has 1 amide bonds. The Morgan fingerprint density at radius 3 is 2.78 bits per heavy atom. The van der Waals surface area contributed by atoms with Crippen LogP contribution in [0.15, 0.2) is 6.20 Å². The number of ether oxygens (including phenoxy) is 1. The van der Waals surface area contributed by atoms with Crippen LogP contribution in [0.3, 0.4) is 0 Å². The average Bonchev–Trinajstić information content (AvgIpc) is 2.80. The summed E-state index contributed by atoms with van der Waals surface area (Å²) in [6.07, 6.45) is 2.11. The fraction of sp³-hybridized carbons (Fsp3) is 0.692. The molecule has 9 nitrogen and oxygen atoms in total. The van der Waals surface area contributed by atoms with E-state index < -0.39 is 22.3 Å². The van der Waals surface area contributed by atoms with Crippen molar-refractivity contribution in [3.63, 3.8) is 0 Å². The monoisotopic (exact) mass is 345 g/mol. The Morgan fingerprint density at radius 2 is 2.22 bits per heavy atom. The van der Waals surface area contributed by atoms with Gasteiger partial charge in [0, 0.05) is 39.5 Å². The summed E-state index contributed by atoms with van der Waals surface area (Å²) >= 11 is 0. The van der Waals surface area contributed by atoms with Crippen molar-refractivity contribution in [3.8, 4) is 0 Å². The SMILES string of the molecule is COCCNC(=O)C1CC(c2cn(C)nc2C)NS(=O)(=O)N1C. The number of aryl methyl sites for hydroxylation is 2. The van der Waals surface area contributed by atoms with Crippen molar-refractivity contribution in [3.05, 3.63) is 17.5 Å². The molecule has 0 aliphatic carbocycles. The van der Waals surface area contributed by atoms with E-state index in [2.05, 4.69) is 15.1 Å². The standard InChI is InChI=1S/C13H23N5O4S/c1-9-10(8-17(2)15-9)11-7-12(13(19)14-5-6-22-4)18(3)23(20,21)16-11/h8,11-12,16H,5-7H2,1-4H3,(H,14,19). The molecule has 0 aromatic carbocycles. The Balaban J connectivity index is 2.21. The van der Waals surface area contributed by atoms with E-state index >= 15 is 0 Å². The Labute approximate surface area is 136 Å². The summed E-state index contributed by atoms with van der Waals surface area (Å²) in [7, 11) is 0.970. The molecule has 0 radical (unpaired) electrons. The lowest BCUT2D eigenvalue weighted by Crippen LogP contribution is -2.57. The lowest BCUT2D eigenvalue weighted by molar-refractivity contribution is -0.125. The second-order valence-corrected chi connectivity index (χ2v) is 7.33. The maximum Gasteiger partial charge on any atom is 0.280 e. The topological polar surface area (TPSA) is 106 Å². The molecular weight excluding hydrogens is 322 g/mol. The third kappa shape index (κ3) is 3.89. The van der Waals surface area contributed by atoms with Crippen LogP contribution < -0.4 is 10.0 Å². The largest absolute Gasteiger partial charge is 0.383 e. The number of carbonyl (C=O) groups excluding carboxylic acids is 1. The Morgan fingerprint density at radius 1 is 1.52 bits per heavy atom.